The Bertz CT molecular complexity index is 596. The number of hydrogen-bond acceptors (Lipinski definition) is 3. The van der Waals surface area contributed by atoms with Gasteiger partial charge in [-0.1, -0.05) is 19.1 Å². The molecule has 0 bridgehead atoms. The van der Waals surface area contributed by atoms with Crippen LogP contribution in [0.2, 0.25) is 0 Å². The molecule has 6 heteroatoms. The Hall–Kier alpha value is -2.24. The smallest absolute Gasteiger partial charge is 0.225 e. The fourth-order valence-corrected chi connectivity index (χ4v) is 2.04. The Kier molecular flexibility index (Phi) is 4.45. The second-order valence-electron chi connectivity index (χ2n) is 4.95. The summed E-state index contributed by atoms with van der Waals surface area (Å²) in [6.07, 6.45) is 1.01. The highest BCUT2D eigenvalue weighted by Gasteiger charge is 2.13. The molecule has 5 nitrogen and oxygen atoms in total. The molecule has 0 fully saturated rings. The van der Waals surface area contributed by atoms with Gasteiger partial charge in [0, 0.05) is 6.42 Å². The van der Waals surface area contributed by atoms with Crippen molar-refractivity contribution >= 4 is 11.7 Å². The van der Waals surface area contributed by atoms with E-state index >= 15 is 0 Å². The first-order chi connectivity index (χ1) is 9.54. The van der Waals surface area contributed by atoms with Crippen molar-refractivity contribution < 1.29 is 9.18 Å². The summed E-state index contributed by atoms with van der Waals surface area (Å²) in [5, 5.41) is 12.8. The third-order valence-corrected chi connectivity index (χ3v) is 2.99. The maximum Gasteiger partial charge on any atom is 0.225 e. The molecule has 2 rings (SSSR count). The van der Waals surface area contributed by atoms with E-state index in [0.29, 0.717) is 24.4 Å². The van der Waals surface area contributed by atoms with Gasteiger partial charge in [-0.15, -0.1) is 5.10 Å². The minimum Gasteiger partial charge on any atom is -0.308 e. The summed E-state index contributed by atoms with van der Waals surface area (Å²) in [5.41, 5.74) is 1.54. The van der Waals surface area contributed by atoms with Crippen molar-refractivity contribution in [3.63, 3.8) is 0 Å². The second kappa shape index (κ2) is 6.27. The van der Waals surface area contributed by atoms with Gasteiger partial charge < -0.3 is 5.32 Å². The first-order valence-electron chi connectivity index (χ1n) is 6.46. The number of amides is 1. The highest BCUT2D eigenvalue weighted by molar-refractivity contribution is 5.90. The van der Waals surface area contributed by atoms with Crippen LogP contribution < -0.4 is 5.32 Å². The lowest BCUT2D eigenvalue weighted by molar-refractivity contribution is -0.117. The maximum atomic E-state index is 13.1. The van der Waals surface area contributed by atoms with Crippen LogP contribution in [-0.4, -0.2) is 21.3 Å². The molecule has 1 amide bonds. The molecule has 2 aromatic rings. The standard InChI is InChI=1S/C14H17FN4O/c1-9(6-11-4-3-5-12(15)8-11)7-13(20)16-14-10(2)17-19-18-14/h3-5,8-9H,6-7H2,1-2H3,(H2,16,17,18,19,20). The van der Waals surface area contributed by atoms with Gasteiger partial charge in [-0.2, -0.15) is 10.3 Å². The zero-order valence-corrected chi connectivity index (χ0v) is 11.5. The number of hydrogen-bond donors (Lipinski definition) is 2. The molecule has 0 saturated carbocycles. The van der Waals surface area contributed by atoms with Crippen LogP contribution in [0.5, 0.6) is 0 Å². The number of anilines is 1. The van der Waals surface area contributed by atoms with Gasteiger partial charge in [0.1, 0.15) is 11.5 Å². The summed E-state index contributed by atoms with van der Waals surface area (Å²) in [6.45, 7) is 3.72. The van der Waals surface area contributed by atoms with Gasteiger partial charge in [-0.05, 0) is 37.0 Å². The van der Waals surface area contributed by atoms with Gasteiger partial charge >= 0.3 is 0 Å². The van der Waals surface area contributed by atoms with Crippen molar-refractivity contribution in [1.82, 2.24) is 15.4 Å². The van der Waals surface area contributed by atoms with Crippen LogP contribution in [0.1, 0.15) is 24.6 Å². The van der Waals surface area contributed by atoms with Crippen molar-refractivity contribution in [3.8, 4) is 0 Å². The minimum atomic E-state index is -0.252. The van der Waals surface area contributed by atoms with Crippen LogP contribution in [0, 0.1) is 18.7 Å². The molecule has 1 atom stereocenters. The minimum absolute atomic E-state index is 0.115. The average Bonchev–Trinajstić information content (AvgIpc) is 2.74. The second-order valence-corrected chi connectivity index (χ2v) is 4.95. The predicted molar refractivity (Wildman–Crippen MR) is 73.6 cm³/mol. The van der Waals surface area contributed by atoms with E-state index in [1.54, 1.807) is 13.0 Å². The molecule has 0 saturated heterocycles. The van der Waals surface area contributed by atoms with E-state index in [9.17, 15) is 9.18 Å². The molecule has 1 unspecified atom stereocenters. The molecule has 1 aromatic heterocycles. The fraction of sp³-hybridized carbons (Fsp3) is 0.357. The monoisotopic (exact) mass is 276 g/mol. The molecule has 106 valence electrons. The van der Waals surface area contributed by atoms with Crippen molar-refractivity contribution in [2.24, 2.45) is 5.92 Å². The predicted octanol–water partition coefficient (Wildman–Crippen LogP) is 2.46. The number of aromatic nitrogens is 3. The van der Waals surface area contributed by atoms with Crippen LogP contribution in [0.3, 0.4) is 0 Å². The molecule has 0 aliphatic heterocycles. The van der Waals surface area contributed by atoms with Crippen LogP contribution in [0.15, 0.2) is 24.3 Å². The van der Waals surface area contributed by atoms with Gasteiger partial charge in [-0.3, -0.25) is 4.79 Å². The molecule has 0 aliphatic rings. The highest BCUT2D eigenvalue weighted by Crippen LogP contribution is 2.14. The Labute approximate surface area is 116 Å². The largest absolute Gasteiger partial charge is 0.308 e. The Balaban J connectivity index is 1.86. The molecule has 2 N–H and O–H groups in total. The van der Waals surface area contributed by atoms with Gasteiger partial charge in [0.25, 0.3) is 0 Å². The quantitative estimate of drug-likeness (QED) is 0.881. The first-order valence-corrected chi connectivity index (χ1v) is 6.46. The molecule has 0 radical (unpaired) electrons. The van der Waals surface area contributed by atoms with E-state index in [-0.39, 0.29) is 17.6 Å². The normalized spacial score (nSPS) is 12.2. The van der Waals surface area contributed by atoms with Gasteiger partial charge in [0.15, 0.2) is 5.82 Å². The van der Waals surface area contributed by atoms with Gasteiger partial charge in [0.2, 0.25) is 5.91 Å². The summed E-state index contributed by atoms with van der Waals surface area (Å²) in [5.74, 6) is 0.195. The zero-order chi connectivity index (χ0) is 14.5. The third-order valence-electron chi connectivity index (χ3n) is 2.99. The number of carbonyl (C=O) groups excluding carboxylic acids is 1. The van der Waals surface area contributed by atoms with Crippen molar-refractivity contribution in [3.05, 3.63) is 41.3 Å². The summed E-state index contributed by atoms with van der Waals surface area (Å²) in [7, 11) is 0. The van der Waals surface area contributed by atoms with Crippen LogP contribution in [0.4, 0.5) is 10.2 Å². The van der Waals surface area contributed by atoms with E-state index in [0.717, 1.165) is 5.56 Å². The lowest BCUT2D eigenvalue weighted by Gasteiger charge is -2.11. The summed E-state index contributed by atoms with van der Waals surface area (Å²) in [4.78, 5) is 11.9. The summed E-state index contributed by atoms with van der Waals surface area (Å²) < 4.78 is 13.1. The lowest BCUT2D eigenvalue weighted by atomic mass is 9.98. The lowest BCUT2D eigenvalue weighted by Crippen LogP contribution is -2.17. The number of H-pyrrole nitrogens is 1. The van der Waals surface area contributed by atoms with Crippen molar-refractivity contribution in [2.75, 3.05) is 5.32 Å². The summed E-state index contributed by atoms with van der Waals surface area (Å²) >= 11 is 0. The van der Waals surface area contributed by atoms with E-state index in [2.05, 4.69) is 20.7 Å². The highest BCUT2D eigenvalue weighted by atomic mass is 19.1. The molecular weight excluding hydrogens is 259 g/mol. The summed E-state index contributed by atoms with van der Waals surface area (Å²) in [6, 6.07) is 6.44. The van der Waals surface area contributed by atoms with Crippen LogP contribution >= 0.6 is 0 Å². The first kappa shape index (κ1) is 14.2. The van der Waals surface area contributed by atoms with E-state index in [1.807, 2.05) is 13.0 Å². The number of benzene rings is 1. The van der Waals surface area contributed by atoms with E-state index in [4.69, 9.17) is 0 Å². The maximum absolute atomic E-state index is 13.1. The number of nitrogens with one attached hydrogen (secondary N) is 2. The molecule has 0 spiro atoms. The van der Waals surface area contributed by atoms with Crippen molar-refractivity contribution in [1.29, 1.82) is 0 Å². The van der Waals surface area contributed by atoms with Crippen LogP contribution in [-0.2, 0) is 11.2 Å². The Morgan fingerprint density at radius 3 is 2.90 bits per heavy atom. The van der Waals surface area contributed by atoms with Gasteiger partial charge in [0.05, 0.1) is 0 Å². The van der Waals surface area contributed by atoms with Gasteiger partial charge in [-0.25, -0.2) is 4.39 Å². The fourth-order valence-electron chi connectivity index (χ4n) is 2.04. The third kappa shape index (κ3) is 3.88. The number of carbonyl (C=O) groups is 1. The molecule has 1 heterocycles. The van der Waals surface area contributed by atoms with E-state index < -0.39 is 0 Å². The number of aryl methyl sites for hydroxylation is 1. The van der Waals surface area contributed by atoms with Crippen molar-refractivity contribution in [2.45, 2.75) is 26.7 Å². The molecule has 1 aromatic carbocycles. The Morgan fingerprint density at radius 1 is 1.45 bits per heavy atom. The zero-order valence-electron chi connectivity index (χ0n) is 11.5. The van der Waals surface area contributed by atoms with E-state index in [1.165, 1.54) is 12.1 Å². The number of aromatic amines is 1. The number of rotatable bonds is 5. The number of halogens is 1. The molecule has 20 heavy (non-hydrogen) atoms. The topological polar surface area (TPSA) is 70.7 Å². The number of nitrogens with zero attached hydrogens (tertiary/aromatic N) is 2. The SMILES string of the molecule is Cc1n[nH]nc1NC(=O)CC(C)Cc1cccc(F)c1. The molecular formula is C14H17FN4O. The Morgan fingerprint density at radius 2 is 2.25 bits per heavy atom. The van der Waals surface area contributed by atoms with Crippen LogP contribution in [0.25, 0.3) is 0 Å². The molecule has 0 aliphatic carbocycles. The average molecular weight is 276 g/mol.